The minimum Gasteiger partial charge on any atom is -0.495 e. The summed E-state index contributed by atoms with van der Waals surface area (Å²) < 4.78 is 52.2. The molecule has 5 N–H and O–H groups in total. The van der Waals surface area contributed by atoms with E-state index in [1.165, 1.54) is 6.07 Å². The number of ether oxygens (including phenoxy) is 1. The SMILES string of the molecule is NC(=O)C(NC1=COCC2=C3C1=CN=C(c1cc(C(F)(F)F)c4oc(N)nc4c1)N3CC2)C1CC1. The van der Waals surface area contributed by atoms with Gasteiger partial charge >= 0.3 is 6.18 Å². The highest BCUT2D eigenvalue weighted by molar-refractivity contribution is 6.04. The third kappa shape index (κ3) is 3.60. The maximum absolute atomic E-state index is 13.8. The monoisotopic (exact) mass is 486 g/mol. The average molecular weight is 486 g/mol. The van der Waals surface area contributed by atoms with Gasteiger partial charge in [0.25, 0.3) is 6.01 Å². The lowest BCUT2D eigenvalue weighted by molar-refractivity contribution is -0.136. The van der Waals surface area contributed by atoms with Crippen molar-refractivity contribution in [3.63, 3.8) is 0 Å². The predicted octanol–water partition coefficient (Wildman–Crippen LogP) is 2.76. The first-order valence-electron chi connectivity index (χ1n) is 11.1. The Labute approximate surface area is 197 Å². The van der Waals surface area contributed by atoms with Gasteiger partial charge in [-0.2, -0.15) is 18.2 Å². The Hall–Kier alpha value is -3.96. The molecule has 1 aliphatic carbocycles. The molecule has 1 saturated carbocycles. The maximum atomic E-state index is 13.8. The van der Waals surface area contributed by atoms with Gasteiger partial charge in [-0.25, -0.2) is 4.99 Å². The van der Waals surface area contributed by atoms with Crippen molar-refractivity contribution in [2.75, 3.05) is 18.9 Å². The molecular weight excluding hydrogens is 465 g/mol. The highest BCUT2D eigenvalue weighted by Crippen LogP contribution is 2.41. The average Bonchev–Trinajstić information content (AvgIpc) is 3.47. The van der Waals surface area contributed by atoms with Crippen LogP contribution in [0.5, 0.6) is 0 Å². The lowest BCUT2D eigenvalue weighted by Crippen LogP contribution is -2.43. The van der Waals surface area contributed by atoms with E-state index in [4.69, 9.17) is 20.6 Å². The fraction of sp³-hybridized carbons (Fsp3) is 0.348. The number of nitrogens with two attached hydrogens (primary N) is 2. The van der Waals surface area contributed by atoms with Crippen LogP contribution >= 0.6 is 0 Å². The Kier molecular flexibility index (Phi) is 4.63. The minimum absolute atomic E-state index is 0.00149. The largest absolute Gasteiger partial charge is 0.495 e. The fourth-order valence-electron chi connectivity index (χ4n) is 4.85. The molecule has 0 bridgehead atoms. The number of alkyl halides is 3. The van der Waals surface area contributed by atoms with Crippen molar-refractivity contribution in [3.05, 3.63) is 58.3 Å². The Bertz CT molecular complexity index is 1380. The molecule has 4 aliphatic rings. The van der Waals surface area contributed by atoms with E-state index in [1.54, 1.807) is 12.5 Å². The Morgan fingerprint density at radius 1 is 1.29 bits per heavy atom. The number of rotatable bonds is 5. The van der Waals surface area contributed by atoms with Crippen molar-refractivity contribution >= 4 is 28.9 Å². The first-order valence-corrected chi connectivity index (χ1v) is 11.1. The van der Waals surface area contributed by atoms with E-state index in [-0.39, 0.29) is 23.0 Å². The van der Waals surface area contributed by atoms with Gasteiger partial charge in [-0.15, -0.1) is 0 Å². The maximum Gasteiger partial charge on any atom is 0.420 e. The molecule has 1 aromatic heterocycles. The van der Waals surface area contributed by atoms with Crippen molar-refractivity contribution in [2.24, 2.45) is 16.6 Å². The van der Waals surface area contributed by atoms with Gasteiger partial charge in [-0.3, -0.25) is 4.79 Å². The van der Waals surface area contributed by atoms with Gasteiger partial charge in [0.2, 0.25) is 5.91 Å². The molecule has 35 heavy (non-hydrogen) atoms. The van der Waals surface area contributed by atoms with Gasteiger partial charge in [0.15, 0.2) is 5.58 Å². The lowest BCUT2D eigenvalue weighted by atomic mass is 10.0. The molecule has 2 aromatic rings. The van der Waals surface area contributed by atoms with E-state index in [9.17, 15) is 18.0 Å². The number of amides is 1. The number of hydrogen-bond acceptors (Lipinski definition) is 8. The summed E-state index contributed by atoms with van der Waals surface area (Å²) in [6, 6.07) is 1.60. The van der Waals surface area contributed by atoms with Gasteiger partial charge in [0.05, 0.1) is 11.4 Å². The van der Waals surface area contributed by atoms with Gasteiger partial charge in [-0.05, 0) is 42.9 Å². The number of aliphatic imine (C=N–C) groups is 1. The standard InChI is InChI=1S/C23H21F3N6O3/c24-23(25,26)14-5-12(6-15-19(14)35-22(28)31-15)21-29-7-13-16(30-17(20(27)33)10-1-2-10)9-34-8-11-3-4-32(21)18(11)13/h5-7,9-10,17,30H,1-4,8H2,(H2,27,33)(H2,28,31). The van der Waals surface area contributed by atoms with E-state index < -0.39 is 29.3 Å². The molecule has 3 aliphatic heterocycles. The van der Waals surface area contributed by atoms with Gasteiger partial charge in [0.1, 0.15) is 35.8 Å². The van der Waals surface area contributed by atoms with Crippen LogP contribution in [0, 0.1) is 5.92 Å². The highest BCUT2D eigenvalue weighted by Gasteiger charge is 2.40. The van der Waals surface area contributed by atoms with Crippen LogP contribution in [-0.4, -0.2) is 40.8 Å². The number of carbonyl (C=O) groups excluding carboxylic acids is 1. The Morgan fingerprint density at radius 2 is 2.09 bits per heavy atom. The van der Waals surface area contributed by atoms with E-state index in [0.29, 0.717) is 36.7 Å². The molecule has 1 unspecified atom stereocenters. The van der Waals surface area contributed by atoms with Crippen LogP contribution in [0.4, 0.5) is 19.2 Å². The molecule has 12 heteroatoms. The molecule has 1 fully saturated rings. The summed E-state index contributed by atoms with van der Waals surface area (Å²) in [6.45, 7) is 0.832. The summed E-state index contributed by atoms with van der Waals surface area (Å²) in [4.78, 5) is 22.3. The number of primary amides is 1. The molecular formula is C23H21F3N6O3. The van der Waals surface area contributed by atoms with Crippen molar-refractivity contribution in [1.82, 2.24) is 15.2 Å². The van der Waals surface area contributed by atoms with Crippen LogP contribution in [0.3, 0.4) is 0 Å². The van der Waals surface area contributed by atoms with E-state index in [0.717, 1.165) is 30.2 Å². The van der Waals surface area contributed by atoms with Crippen LogP contribution in [0.15, 0.2) is 56.5 Å². The van der Waals surface area contributed by atoms with Crippen molar-refractivity contribution in [3.8, 4) is 0 Å². The Balaban J connectivity index is 1.44. The number of hydrogen-bond donors (Lipinski definition) is 3. The predicted molar refractivity (Wildman–Crippen MR) is 119 cm³/mol. The summed E-state index contributed by atoms with van der Waals surface area (Å²) in [5, 5.41) is 3.21. The lowest BCUT2D eigenvalue weighted by Gasteiger charge is -2.30. The molecule has 0 spiro atoms. The molecule has 1 aromatic carbocycles. The summed E-state index contributed by atoms with van der Waals surface area (Å²) in [5.74, 6) is 0.0636. The molecule has 0 radical (unpaired) electrons. The molecule has 6 rings (SSSR count). The van der Waals surface area contributed by atoms with Crippen molar-refractivity contribution in [1.29, 1.82) is 0 Å². The molecule has 1 atom stereocenters. The first kappa shape index (κ1) is 21.6. The molecule has 0 saturated heterocycles. The second-order valence-corrected chi connectivity index (χ2v) is 8.98. The first-order chi connectivity index (χ1) is 16.7. The summed E-state index contributed by atoms with van der Waals surface area (Å²) in [6.07, 6.45) is 0.931. The highest BCUT2D eigenvalue weighted by atomic mass is 19.4. The van der Waals surface area contributed by atoms with E-state index in [2.05, 4.69) is 15.3 Å². The van der Waals surface area contributed by atoms with Crippen LogP contribution < -0.4 is 16.8 Å². The van der Waals surface area contributed by atoms with Gasteiger partial charge in [0, 0.05) is 23.9 Å². The molecule has 9 nitrogen and oxygen atoms in total. The topological polar surface area (TPSA) is 132 Å². The number of benzene rings is 1. The van der Waals surface area contributed by atoms with Crippen LogP contribution in [0.25, 0.3) is 11.1 Å². The van der Waals surface area contributed by atoms with Crippen molar-refractivity contribution in [2.45, 2.75) is 31.5 Å². The smallest absolute Gasteiger partial charge is 0.420 e. The quantitative estimate of drug-likeness (QED) is 0.592. The zero-order chi connectivity index (χ0) is 24.5. The second kappa shape index (κ2) is 7.52. The van der Waals surface area contributed by atoms with Crippen LogP contribution in [0.2, 0.25) is 0 Å². The zero-order valence-corrected chi connectivity index (χ0v) is 18.4. The normalized spacial score (nSPS) is 20.5. The number of halogens is 3. The van der Waals surface area contributed by atoms with Crippen LogP contribution in [-0.2, 0) is 15.7 Å². The van der Waals surface area contributed by atoms with Crippen LogP contribution in [0.1, 0.15) is 30.4 Å². The number of nitrogens with one attached hydrogen (secondary N) is 1. The third-order valence-electron chi connectivity index (χ3n) is 6.60. The van der Waals surface area contributed by atoms with Crippen molar-refractivity contribution < 1.29 is 27.1 Å². The second-order valence-electron chi connectivity index (χ2n) is 8.98. The fourth-order valence-corrected chi connectivity index (χ4v) is 4.85. The van der Waals surface area contributed by atoms with Gasteiger partial charge < -0.3 is 30.8 Å². The molecule has 1 amide bonds. The summed E-state index contributed by atoms with van der Waals surface area (Å²) in [5.41, 5.74) is 13.1. The number of nitrogens with zero attached hydrogens (tertiary/aromatic N) is 3. The minimum atomic E-state index is -4.67. The molecule has 182 valence electrons. The number of fused-ring (bicyclic) bond motifs is 1. The Morgan fingerprint density at radius 3 is 2.80 bits per heavy atom. The summed E-state index contributed by atoms with van der Waals surface area (Å²) in [7, 11) is 0. The summed E-state index contributed by atoms with van der Waals surface area (Å²) >= 11 is 0. The molecule has 4 heterocycles. The van der Waals surface area contributed by atoms with Gasteiger partial charge in [-0.1, -0.05) is 0 Å². The number of nitrogen functional groups attached to an aromatic ring is 1. The number of amidine groups is 1. The number of carbonyl (C=O) groups is 1. The number of oxazole rings is 1. The third-order valence-corrected chi connectivity index (χ3v) is 6.60. The zero-order valence-electron chi connectivity index (χ0n) is 18.4. The number of aromatic nitrogens is 1. The van der Waals surface area contributed by atoms with E-state index in [1.807, 2.05) is 4.90 Å². The number of anilines is 1. The van der Waals surface area contributed by atoms with E-state index >= 15 is 0 Å².